The molecule has 1 aromatic rings. The van der Waals surface area contributed by atoms with Gasteiger partial charge in [0, 0.05) is 27.2 Å². The topological polar surface area (TPSA) is 80.6 Å². The van der Waals surface area contributed by atoms with Crippen molar-refractivity contribution in [2.24, 2.45) is 0 Å². The van der Waals surface area contributed by atoms with Crippen molar-refractivity contribution in [1.82, 2.24) is 24.8 Å². The summed E-state index contributed by atoms with van der Waals surface area (Å²) in [5.41, 5.74) is -0.138. The molecule has 2 rings (SSSR count). The molecular weight excluding hydrogens is 286 g/mol. The third kappa shape index (κ3) is 3.82. The number of rotatable bonds is 3. The van der Waals surface area contributed by atoms with Crippen LogP contribution in [0.25, 0.3) is 0 Å². The van der Waals surface area contributed by atoms with Gasteiger partial charge in [0.05, 0.1) is 17.9 Å². The van der Waals surface area contributed by atoms with Gasteiger partial charge < -0.3 is 14.5 Å². The highest BCUT2D eigenvalue weighted by molar-refractivity contribution is 5.92. The second-order valence-corrected chi connectivity index (χ2v) is 6.46. The minimum atomic E-state index is -0.385. The summed E-state index contributed by atoms with van der Waals surface area (Å²) in [5.74, 6) is -0.295. The van der Waals surface area contributed by atoms with E-state index in [0.29, 0.717) is 13.1 Å². The first-order valence-electron chi connectivity index (χ1n) is 7.25. The lowest BCUT2D eigenvalue weighted by Crippen LogP contribution is -2.53. The van der Waals surface area contributed by atoms with Gasteiger partial charge in [0.25, 0.3) is 5.91 Å². The van der Waals surface area contributed by atoms with Crippen LogP contribution in [0.4, 0.5) is 0 Å². The lowest BCUT2D eigenvalue weighted by atomic mass is 10.1. The van der Waals surface area contributed by atoms with E-state index in [2.05, 4.69) is 10.3 Å². The maximum Gasteiger partial charge on any atom is 0.276 e. The Morgan fingerprint density at radius 3 is 2.73 bits per heavy atom. The predicted molar refractivity (Wildman–Crippen MR) is 79.2 cm³/mol. The number of aromatic nitrogens is 3. The van der Waals surface area contributed by atoms with E-state index in [9.17, 15) is 9.59 Å². The van der Waals surface area contributed by atoms with Crippen LogP contribution in [0.15, 0.2) is 6.20 Å². The van der Waals surface area contributed by atoms with Crippen LogP contribution in [0.3, 0.4) is 0 Å². The zero-order chi connectivity index (χ0) is 16.5. The number of morpholine rings is 1. The summed E-state index contributed by atoms with van der Waals surface area (Å²) < 4.78 is 7.17. The molecule has 0 aliphatic carbocycles. The quantitative estimate of drug-likeness (QED) is 0.785. The molecular formula is C14H23N5O3. The molecule has 8 heteroatoms. The van der Waals surface area contributed by atoms with Gasteiger partial charge in [-0.3, -0.25) is 9.59 Å². The Morgan fingerprint density at radius 2 is 2.14 bits per heavy atom. The second-order valence-electron chi connectivity index (χ2n) is 6.46. The maximum atomic E-state index is 12.5. The smallest absolute Gasteiger partial charge is 0.276 e. The van der Waals surface area contributed by atoms with Crippen LogP contribution in [0, 0.1) is 0 Å². The van der Waals surface area contributed by atoms with Gasteiger partial charge in [0.1, 0.15) is 6.54 Å². The highest BCUT2D eigenvalue weighted by Crippen LogP contribution is 2.21. The highest BCUT2D eigenvalue weighted by Gasteiger charge is 2.34. The molecule has 0 radical (unpaired) electrons. The van der Waals surface area contributed by atoms with E-state index in [4.69, 9.17) is 4.74 Å². The van der Waals surface area contributed by atoms with Gasteiger partial charge >= 0.3 is 0 Å². The molecule has 0 spiro atoms. The Hall–Kier alpha value is -1.96. The number of hydrogen-bond acceptors (Lipinski definition) is 5. The molecule has 2 heterocycles. The van der Waals surface area contributed by atoms with Crippen molar-refractivity contribution in [3.05, 3.63) is 11.9 Å². The molecule has 1 aliphatic heterocycles. The summed E-state index contributed by atoms with van der Waals surface area (Å²) in [4.78, 5) is 27.4. The molecule has 1 atom stereocenters. The third-order valence-electron chi connectivity index (χ3n) is 3.41. The largest absolute Gasteiger partial charge is 0.369 e. The Labute approximate surface area is 130 Å². The van der Waals surface area contributed by atoms with Gasteiger partial charge in [-0.2, -0.15) is 0 Å². The molecule has 1 fully saturated rings. The van der Waals surface area contributed by atoms with E-state index < -0.39 is 0 Å². The molecule has 0 saturated carbocycles. The van der Waals surface area contributed by atoms with Crippen molar-refractivity contribution in [3.63, 3.8) is 0 Å². The average molecular weight is 309 g/mol. The molecule has 8 nitrogen and oxygen atoms in total. The van der Waals surface area contributed by atoms with Crippen LogP contribution < -0.4 is 0 Å². The zero-order valence-corrected chi connectivity index (χ0v) is 13.7. The van der Waals surface area contributed by atoms with E-state index in [1.807, 2.05) is 20.8 Å². The van der Waals surface area contributed by atoms with Gasteiger partial charge in [-0.15, -0.1) is 5.10 Å². The summed E-state index contributed by atoms with van der Waals surface area (Å²) >= 11 is 0. The lowest BCUT2D eigenvalue weighted by Gasteiger charge is -2.41. The molecule has 0 bridgehead atoms. The van der Waals surface area contributed by atoms with Gasteiger partial charge in [-0.1, -0.05) is 5.21 Å². The van der Waals surface area contributed by atoms with Crippen LogP contribution >= 0.6 is 0 Å². The van der Waals surface area contributed by atoms with E-state index in [1.165, 1.54) is 15.8 Å². The molecule has 122 valence electrons. The first-order valence-corrected chi connectivity index (χ1v) is 7.25. The number of carbonyl (C=O) groups is 2. The number of amides is 2. The summed E-state index contributed by atoms with van der Waals surface area (Å²) in [6.07, 6.45) is 1.48. The van der Waals surface area contributed by atoms with Gasteiger partial charge in [-0.25, -0.2) is 4.68 Å². The van der Waals surface area contributed by atoms with Crippen molar-refractivity contribution < 1.29 is 14.3 Å². The highest BCUT2D eigenvalue weighted by atomic mass is 16.5. The van der Waals surface area contributed by atoms with E-state index in [1.54, 1.807) is 19.0 Å². The lowest BCUT2D eigenvalue weighted by molar-refractivity contribution is -0.129. The Bertz CT molecular complexity index is 567. The number of likely N-dealkylation sites (N-methyl/N-ethyl adjacent to an activating group) is 1. The third-order valence-corrected chi connectivity index (χ3v) is 3.41. The van der Waals surface area contributed by atoms with E-state index >= 15 is 0 Å². The Kier molecular flexibility index (Phi) is 4.50. The van der Waals surface area contributed by atoms with Gasteiger partial charge in [-0.05, 0) is 20.8 Å². The number of ether oxygens (including phenoxy) is 1. The molecule has 0 aromatic carbocycles. The van der Waals surface area contributed by atoms with Crippen LogP contribution in [-0.4, -0.2) is 75.5 Å². The fourth-order valence-corrected chi connectivity index (χ4v) is 2.52. The maximum absolute atomic E-state index is 12.5. The number of carbonyl (C=O) groups excluding carboxylic acids is 2. The summed E-state index contributed by atoms with van der Waals surface area (Å²) in [6, 6.07) is 0. The summed E-state index contributed by atoms with van der Waals surface area (Å²) in [5, 5.41) is 7.74. The first-order chi connectivity index (χ1) is 10.2. The van der Waals surface area contributed by atoms with Crippen LogP contribution in [0.1, 0.15) is 31.3 Å². The molecule has 1 unspecified atom stereocenters. The fourth-order valence-electron chi connectivity index (χ4n) is 2.52. The predicted octanol–water partition coefficient (Wildman–Crippen LogP) is 0.00580. The van der Waals surface area contributed by atoms with Gasteiger partial charge in [0.15, 0.2) is 5.69 Å². The van der Waals surface area contributed by atoms with E-state index in [-0.39, 0.29) is 35.8 Å². The van der Waals surface area contributed by atoms with Crippen molar-refractivity contribution in [1.29, 1.82) is 0 Å². The molecule has 0 N–H and O–H groups in total. The second kappa shape index (κ2) is 6.04. The summed E-state index contributed by atoms with van der Waals surface area (Å²) in [6.45, 7) is 6.93. The summed E-state index contributed by atoms with van der Waals surface area (Å²) in [7, 11) is 3.34. The Morgan fingerprint density at radius 1 is 1.45 bits per heavy atom. The Balaban J connectivity index is 2.07. The standard InChI is InChI=1S/C14H23N5O3/c1-10-6-18(9-14(2,3)22-10)13(21)11-7-19(16-15-11)8-12(20)17(4)5/h7,10H,6,8-9H2,1-5H3. The molecule has 1 aliphatic rings. The minimum Gasteiger partial charge on any atom is -0.369 e. The minimum absolute atomic E-state index is 0.0296. The van der Waals surface area contributed by atoms with Crippen LogP contribution in [-0.2, 0) is 16.1 Å². The fraction of sp³-hybridized carbons (Fsp3) is 0.714. The van der Waals surface area contributed by atoms with E-state index in [0.717, 1.165) is 0 Å². The molecule has 22 heavy (non-hydrogen) atoms. The van der Waals surface area contributed by atoms with Crippen molar-refractivity contribution >= 4 is 11.8 Å². The number of nitrogens with zero attached hydrogens (tertiary/aromatic N) is 5. The van der Waals surface area contributed by atoms with Crippen molar-refractivity contribution in [3.8, 4) is 0 Å². The van der Waals surface area contributed by atoms with Gasteiger partial charge in [0.2, 0.25) is 5.91 Å². The molecule has 1 saturated heterocycles. The average Bonchev–Trinajstić information content (AvgIpc) is 2.83. The number of hydrogen-bond donors (Lipinski definition) is 0. The molecule has 1 aromatic heterocycles. The van der Waals surface area contributed by atoms with Crippen LogP contribution in [0.5, 0.6) is 0 Å². The zero-order valence-electron chi connectivity index (χ0n) is 13.7. The monoisotopic (exact) mass is 309 g/mol. The van der Waals surface area contributed by atoms with Crippen LogP contribution in [0.2, 0.25) is 0 Å². The molecule has 2 amide bonds. The first kappa shape index (κ1) is 16.4. The normalized spacial score (nSPS) is 20.8. The van der Waals surface area contributed by atoms with Crippen molar-refractivity contribution in [2.75, 3.05) is 27.2 Å². The van der Waals surface area contributed by atoms with Crippen molar-refractivity contribution in [2.45, 2.75) is 39.0 Å². The SMILES string of the molecule is CC1CN(C(=O)c2cn(CC(=O)N(C)C)nn2)CC(C)(C)O1.